The molecule has 1 nitrogen and oxygen atoms in total. The highest BCUT2D eigenvalue weighted by Gasteiger charge is 2.24. The van der Waals surface area contributed by atoms with Crippen LogP contribution in [0.15, 0.2) is 42.5 Å². The van der Waals surface area contributed by atoms with Crippen LogP contribution in [0.4, 0.5) is 0 Å². The van der Waals surface area contributed by atoms with Crippen molar-refractivity contribution in [2.75, 3.05) is 0 Å². The fourth-order valence-electron chi connectivity index (χ4n) is 2.69. The first-order valence-electron chi connectivity index (χ1n) is 6.20. The first kappa shape index (κ1) is 12.2. The molecule has 0 spiro atoms. The van der Waals surface area contributed by atoms with Gasteiger partial charge in [0.05, 0.1) is 0 Å². The van der Waals surface area contributed by atoms with E-state index in [1.54, 1.807) is 12.1 Å². The van der Waals surface area contributed by atoms with Crippen LogP contribution < -0.4 is 0 Å². The molecule has 2 heteroatoms. The molecule has 0 radical (unpaired) electrons. The van der Waals surface area contributed by atoms with Crippen molar-refractivity contribution in [1.82, 2.24) is 0 Å². The van der Waals surface area contributed by atoms with Crippen LogP contribution in [0.5, 0.6) is 0 Å². The van der Waals surface area contributed by atoms with Crippen molar-refractivity contribution in [2.45, 2.75) is 13.8 Å². The molecular weight excluding hydrogens is 256 g/mol. The molecule has 2 aromatic rings. The molecule has 0 unspecified atom stereocenters. The zero-order valence-corrected chi connectivity index (χ0v) is 11.6. The zero-order chi connectivity index (χ0) is 13.6. The average Bonchev–Trinajstić information content (AvgIpc) is 2.66. The van der Waals surface area contributed by atoms with E-state index in [0.29, 0.717) is 10.6 Å². The summed E-state index contributed by atoms with van der Waals surface area (Å²) in [6.45, 7) is 4.14. The summed E-state index contributed by atoms with van der Waals surface area (Å²) in [6.07, 6.45) is 1.72. The third-order valence-corrected chi connectivity index (χ3v) is 3.80. The maximum atomic E-state index is 12.1. The fourth-order valence-corrected chi connectivity index (χ4v) is 2.86. The van der Waals surface area contributed by atoms with Gasteiger partial charge in [-0.3, -0.25) is 4.79 Å². The molecule has 2 aromatic carbocycles. The van der Waals surface area contributed by atoms with Crippen molar-refractivity contribution >= 4 is 23.0 Å². The molecule has 0 N–H and O–H groups in total. The normalized spacial score (nSPS) is 13.4. The molecular formula is C17H13ClO. The summed E-state index contributed by atoms with van der Waals surface area (Å²) in [6, 6.07) is 11.7. The minimum atomic E-state index is 0.0372. The molecule has 1 aliphatic rings. The lowest BCUT2D eigenvalue weighted by Crippen LogP contribution is -1.94. The molecule has 0 amide bonds. The van der Waals surface area contributed by atoms with Crippen LogP contribution in [0.25, 0.3) is 5.57 Å². The molecule has 0 aliphatic heterocycles. The largest absolute Gasteiger partial charge is 0.289 e. The molecule has 0 aromatic heterocycles. The monoisotopic (exact) mass is 268 g/mol. The number of benzene rings is 2. The van der Waals surface area contributed by atoms with E-state index in [0.717, 1.165) is 16.7 Å². The number of hydrogen-bond acceptors (Lipinski definition) is 1. The number of ketones is 1. The standard InChI is InChI=1S/C17H13ClO/c1-10-4-3-5-11(2)17(10)15-9-16(19)14-8-12(18)6-7-13(14)15/h3-9H,1-2H3. The summed E-state index contributed by atoms with van der Waals surface area (Å²) in [5.41, 5.74) is 6.20. The predicted molar refractivity (Wildman–Crippen MR) is 78.8 cm³/mol. The van der Waals surface area contributed by atoms with Crippen molar-refractivity contribution in [3.05, 3.63) is 75.3 Å². The summed E-state index contributed by atoms with van der Waals surface area (Å²) in [7, 11) is 0. The van der Waals surface area contributed by atoms with Crippen molar-refractivity contribution in [3.63, 3.8) is 0 Å². The number of carbonyl (C=O) groups is 1. The minimum Gasteiger partial charge on any atom is -0.289 e. The lowest BCUT2D eigenvalue weighted by molar-refractivity contribution is 0.105. The first-order valence-corrected chi connectivity index (χ1v) is 6.58. The lowest BCUT2D eigenvalue weighted by Gasteiger charge is -2.12. The highest BCUT2D eigenvalue weighted by atomic mass is 35.5. The Bertz CT molecular complexity index is 706. The molecule has 0 heterocycles. The Hall–Kier alpha value is -1.86. The molecule has 19 heavy (non-hydrogen) atoms. The SMILES string of the molecule is Cc1cccc(C)c1C1=CC(=O)c2cc(Cl)ccc21. The molecule has 0 atom stereocenters. The van der Waals surface area contributed by atoms with Gasteiger partial charge in [-0.25, -0.2) is 0 Å². The number of carbonyl (C=O) groups excluding carboxylic acids is 1. The Kier molecular flexibility index (Phi) is 2.79. The van der Waals surface area contributed by atoms with Gasteiger partial charge in [0.2, 0.25) is 0 Å². The Balaban J connectivity index is 2.25. The summed E-state index contributed by atoms with van der Waals surface area (Å²) in [5, 5.41) is 0.600. The van der Waals surface area contributed by atoms with Gasteiger partial charge in [0.1, 0.15) is 0 Å². The highest BCUT2D eigenvalue weighted by Crippen LogP contribution is 2.36. The number of halogens is 1. The lowest BCUT2D eigenvalue weighted by atomic mass is 9.92. The van der Waals surface area contributed by atoms with Crippen LogP contribution in [-0.2, 0) is 0 Å². The summed E-state index contributed by atoms with van der Waals surface area (Å²) in [5.74, 6) is 0.0372. The van der Waals surface area contributed by atoms with Crippen LogP contribution >= 0.6 is 11.6 Å². The molecule has 94 valence electrons. The average molecular weight is 269 g/mol. The predicted octanol–water partition coefficient (Wildman–Crippen LogP) is 4.58. The van der Waals surface area contributed by atoms with Crippen LogP contribution in [0.2, 0.25) is 5.02 Å². The minimum absolute atomic E-state index is 0.0372. The summed E-state index contributed by atoms with van der Waals surface area (Å²) in [4.78, 5) is 12.1. The van der Waals surface area contributed by atoms with Gasteiger partial charge in [0.15, 0.2) is 5.78 Å². The topological polar surface area (TPSA) is 17.1 Å². The van der Waals surface area contributed by atoms with Crippen LogP contribution in [-0.4, -0.2) is 5.78 Å². The zero-order valence-electron chi connectivity index (χ0n) is 10.8. The first-order chi connectivity index (χ1) is 9.08. The van der Waals surface area contributed by atoms with Crippen molar-refractivity contribution in [2.24, 2.45) is 0 Å². The van der Waals surface area contributed by atoms with E-state index in [9.17, 15) is 4.79 Å². The molecule has 0 saturated carbocycles. The summed E-state index contributed by atoms with van der Waals surface area (Å²) < 4.78 is 0. The third kappa shape index (κ3) is 1.91. The van der Waals surface area contributed by atoms with E-state index < -0.39 is 0 Å². The van der Waals surface area contributed by atoms with Gasteiger partial charge in [0, 0.05) is 10.6 Å². The highest BCUT2D eigenvalue weighted by molar-refractivity contribution is 6.31. The molecule has 0 fully saturated rings. The second-order valence-electron chi connectivity index (χ2n) is 4.88. The second-order valence-corrected chi connectivity index (χ2v) is 5.32. The van der Waals surface area contributed by atoms with E-state index in [2.05, 4.69) is 26.0 Å². The number of aryl methyl sites for hydroxylation is 2. The Labute approximate surface area is 117 Å². The third-order valence-electron chi connectivity index (χ3n) is 3.56. The van der Waals surface area contributed by atoms with Crippen molar-refractivity contribution in [1.29, 1.82) is 0 Å². The maximum Gasteiger partial charge on any atom is 0.187 e. The van der Waals surface area contributed by atoms with Gasteiger partial charge in [0.25, 0.3) is 0 Å². The number of allylic oxidation sites excluding steroid dienone is 1. The maximum absolute atomic E-state index is 12.1. The molecule has 3 rings (SSSR count). The van der Waals surface area contributed by atoms with Crippen LogP contribution in [0.1, 0.15) is 32.6 Å². The Morgan fingerprint density at radius 3 is 2.32 bits per heavy atom. The van der Waals surface area contributed by atoms with Crippen LogP contribution in [0.3, 0.4) is 0 Å². The van der Waals surface area contributed by atoms with Gasteiger partial charge >= 0.3 is 0 Å². The van der Waals surface area contributed by atoms with Gasteiger partial charge in [-0.15, -0.1) is 0 Å². The van der Waals surface area contributed by atoms with E-state index in [1.807, 2.05) is 18.2 Å². The summed E-state index contributed by atoms with van der Waals surface area (Å²) >= 11 is 5.97. The molecule has 0 bridgehead atoms. The Morgan fingerprint density at radius 2 is 1.63 bits per heavy atom. The van der Waals surface area contributed by atoms with Gasteiger partial charge < -0.3 is 0 Å². The van der Waals surface area contributed by atoms with Gasteiger partial charge in [-0.2, -0.15) is 0 Å². The quantitative estimate of drug-likeness (QED) is 0.740. The van der Waals surface area contributed by atoms with Crippen LogP contribution in [0, 0.1) is 13.8 Å². The Morgan fingerprint density at radius 1 is 0.947 bits per heavy atom. The molecule has 0 saturated heterocycles. The number of fused-ring (bicyclic) bond motifs is 1. The van der Waals surface area contributed by atoms with E-state index in [4.69, 9.17) is 11.6 Å². The van der Waals surface area contributed by atoms with E-state index in [-0.39, 0.29) is 5.78 Å². The van der Waals surface area contributed by atoms with E-state index in [1.165, 1.54) is 11.1 Å². The van der Waals surface area contributed by atoms with E-state index >= 15 is 0 Å². The van der Waals surface area contributed by atoms with Crippen molar-refractivity contribution in [3.8, 4) is 0 Å². The smallest absolute Gasteiger partial charge is 0.187 e. The van der Waals surface area contributed by atoms with Gasteiger partial charge in [-0.1, -0.05) is 35.9 Å². The number of rotatable bonds is 1. The van der Waals surface area contributed by atoms with Crippen molar-refractivity contribution < 1.29 is 4.79 Å². The molecule has 1 aliphatic carbocycles. The fraction of sp³-hybridized carbons (Fsp3) is 0.118. The van der Waals surface area contributed by atoms with Gasteiger partial charge in [-0.05, 0) is 59.9 Å². The number of hydrogen-bond donors (Lipinski definition) is 0. The second kappa shape index (κ2) is 4.36.